The largest absolute Gasteiger partial charge is 0.278 e. The molecule has 2 aliphatic rings. The Hall–Kier alpha value is -1.90. The molecule has 100 valence electrons. The number of benzene rings is 1. The highest BCUT2D eigenvalue weighted by atomic mass is 15.1. The molecular formula is C17H17N3. The molecule has 2 heterocycles. The Kier molecular flexibility index (Phi) is 2.07. The van der Waals surface area contributed by atoms with Gasteiger partial charge in [0.1, 0.15) is 0 Å². The summed E-state index contributed by atoms with van der Waals surface area (Å²) in [5.41, 5.74) is 6.85. The van der Waals surface area contributed by atoms with E-state index in [0.29, 0.717) is 0 Å². The molecule has 1 fully saturated rings. The lowest BCUT2D eigenvalue weighted by molar-refractivity contribution is 0.678. The summed E-state index contributed by atoms with van der Waals surface area (Å²) < 4.78 is 0. The first-order valence-corrected chi connectivity index (χ1v) is 7.69. The molecule has 0 atom stereocenters. The summed E-state index contributed by atoms with van der Waals surface area (Å²) in [5.74, 6) is 0.742. The fourth-order valence-electron chi connectivity index (χ4n) is 3.77. The van der Waals surface area contributed by atoms with Gasteiger partial charge in [-0.2, -0.15) is 5.10 Å². The molecule has 3 aromatic rings. The molecule has 0 radical (unpaired) electrons. The first-order chi connectivity index (χ1) is 9.92. The molecule has 0 bridgehead atoms. The number of H-pyrrole nitrogens is 1. The number of hydrogen-bond acceptors (Lipinski definition) is 2. The molecule has 2 aliphatic carbocycles. The first-order valence-electron chi connectivity index (χ1n) is 7.69. The number of nitrogens with zero attached hydrogens (tertiary/aromatic N) is 2. The van der Waals surface area contributed by atoms with Gasteiger partial charge in [-0.3, -0.25) is 10.1 Å². The van der Waals surface area contributed by atoms with Crippen LogP contribution in [0.5, 0.6) is 0 Å². The molecule has 3 nitrogen and oxygen atoms in total. The van der Waals surface area contributed by atoms with E-state index < -0.39 is 0 Å². The summed E-state index contributed by atoms with van der Waals surface area (Å²) in [6.45, 7) is 0. The van der Waals surface area contributed by atoms with Crippen molar-refractivity contribution in [1.29, 1.82) is 0 Å². The Morgan fingerprint density at radius 1 is 1.05 bits per heavy atom. The van der Waals surface area contributed by atoms with Crippen molar-refractivity contribution in [3.05, 3.63) is 35.2 Å². The number of aromatic nitrogens is 3. The predicted molar refractivity (Wildman–Crippen MR) is 80.0 cm³/mol. The van der Waals surface area contributed by atoms with Crippen LogP contribution in [0.4, 0.5) is 0 Å². The SMILES string of the molecule is c1cc2[nH]ncc2c2c3c(c(C4CC4)nc12)CCCC3. The topological polar surface area (TPSA) is 41.6 Å². The molecule has 0 saturated heterocycles. The van der Waals surface area contributed by atoms with Crippen LogP contribution >= 0.6 is 0 Å². The zero-order valence-electron chi connectivity index (χ0n) is 11.4. The molecule has 5 rings (SSSR count). The van der Waals surface area contributed by atoms with Crippen LogP contribution in [0, 0.1) is 0 Å². The summed E-state index contributed by atoms with van der Waals surface area (Å²) in [6, 6.07) is 4.28. The van der Waals surface area contributed by atoms with Gasteiger partial charge in [0.25, 0.3) is 0 Å². The van der Waals surface area contributed by atoms with Gasteiger partial charge in [0, 0.05) is 22.4 Å². The van der Waals surface area contributed by atoms with E-state index in [1.54, 1.807) is 11.1 Å². The van der Waals surface area contributed by atoms with Crippen molar-refractivity contribution in [2.24, 2.45) is 0 Å². The highest BCUT2D eigenvalue weighted by Crippen LogP contribution is 2.44. The van der Waals surface area contributed by atoms with Crippen molar-refractivity contribution < 1.29 is 0 Å². The molecule has 1 N–H and O–H groups in total. The Balaban J connectivity index is 1.95. The van der Waals surface area contributed by atoms with Gasteiger partial charge in [0.2, 0.25) is 0 Å². The molecule has 0 amide bonds. The number of rotatable bonds is 1. The molecule has 20 heavy (non-hydrogen) atoms. The van der Waals surface area contributed by atoms with E-state index in [-0.39, 0.29) is 0 Å². The standard InChI is InChI=1S/C17H17N3/c1-2-4-12-11(3-1)16-13-9-18-20-14(13)7-8-15(16)19-17(12)10-5-6-10/h7-10H,1-6H2,(H,18,20). The quantitative estimate of drug-likeness (QED) is 0.724. The molecule has 0 aliphatic heterocycles. The fourth-order valence-corrected chi connectivity index (χ4v) is 3.77. The average molecular weight is 263 g/mol. The lowest BCUT2D eigenvalue weighted by atomic mass is 9.86. The highest BCUT2D eigenvalue weighted by molar-refractivity contribution is 6.06. The summed E-state index contributed by atoms with van der Waals surface area (Å²) in [7, 11) is 0. The van der Waals surface area contributed by atoms with Crippen molar-refractivity contribution in [2.45, 2.75) is 44.4 Å². The van der Waals surface area contributed by atoms with E-state index >= 15 is 0 Å². The van der Waals surface area contributed by atoms with Gasteiger partial charge in [-0.05, 0) is 61.8 Å². The number of pyridine rings is 1. The number of aromatic amines is 1. The summed E-state index contributed by atoms with van der Waals surface area (Å²) in [4.78, 5) is 5.04. The predicted octanol–water partition coefficient (Wildman–Crippen LogP) is 3.87. The molecular weight excluding hydrogens is 246 g/mol. The van der Waals surface area contributed by atoms with Gasteiger partial charge in [-0.1, -0.05) is 0 Å². The van der Waals surface area contributed by atoms with Crippen molar-refractivity contribution in [1.82, 2.24) is 15.2 Å². The zero-order valence-corrected chi connectivity index (χ0v) is 11.4. The van der Waals surface area contributed by atoms with E-state index in [2.05, 4.69) is 22.3 Å². The van der Waals surface area contributed by atoms with E-state index in [4.69, 9.17) is 4.98 Å². The third-order valence-corrected chi connectivity index (χ3v) is 4.89. The minimum atomic E-state index is 0.742. The number of nitrogens with one attached hydrogen (secondary N) is 1. The van der Waals surface area contributed by atoms with Crippen LogP contribution in [0.1, 0.15) is 48.4 Å². The summed E-state index contributed by atoms with van der Waals surface area (Å²) in [5, 5.41) is 9.91. The van der Waals surface area contributed by atoms with Gasteiger partial charge in [0.05, 0.1) is 17.2 Å². The number of hydrogen-bond donors (Lipinski definition) is 1. The lowest BCUT2D eigenvalue weighted by Crippen LogP contribution is -2.09. The van der Waals surface area contributed by atoms with Crippen molar-refractivity contribution in [2.75, 3.05) is 0 Å². The van der Waals surface area contributed by atoms with Crippen LogP contribution in [-0.4, -0.2) is 15.2 Å². The van der Waals surface area contributed by atoms with Crippen LogP contribution < -0.4 is 0 Å². The maximum atomic E-state index is 5.04. The van der Waals surface area contributed by atoms with Crippen LogP contribution in [0.2, 0.25) is 0 Å². The van der Waals surface area contributed by atoms with Gasteiger partial charge in [-0.25, -0.2) is 0 Å². The molecule has 0 unspecified atom stereocenters. The molecule has 0 spiro atoms. The average Bonchev–Trinajstić information content (AvgIpc) is 3.23. The Labute approximate surface area is 117 Å². The Morgan fingerprint density at radius 3 is 2.75 bits per heavy atom. The summed E-state index contributed by atoms with van der Waals surface area (Å²) >= 11 is 0. The molecule has 2 aromatic heterocycles. The maximum Gasteiger partial charge on any atom is 0.0716 e. The van der Waals surface area contributed by atoms with E-state index in [1.807, 2.05) is 6.20 Å². The van der Waals surface area contributed by atoms with Crippen LogP contribution in [0.25, 0.3) is 21.8 Å². The lowest BCUT2D eigenvalue weighted by Gasteiger charge is -2.21. The normalized spacial score (nSPS) is 18.6. The van der Waals surface area contributed by atoms with Gasteiger partial charge >= 0.3 is 0 Å². The molecule has 1 saturated carbocycles. The minimum absolute atomic E-state index is 0.742. The molecule has 1 aromatic carbocycles. The van der Waals surface area contributed by atoms with Crippen LogP contribution in [-0.2, 0) is 12.8 Å². The second-order valence-electron chi connectivity index (χ2n) is 6.23. The monoisotopic (exact) mass is 263 g/mol. The van der Waals surface area contributed by atoms with E-state index in [0.717, 1.165) is 11.4 Å². The third-order valence-electron chi connectivity index (χ3n) is 4.89. The highest BCUT2D eigenvalue weighted by Gasteiger charge is 2.30. The third kappa shape index (κ3) is 1.41. The first kappa shape index (κ1) is 10.8. The van der Waals surface area contributed by atoms with E-state index in [1.165, 1.54) is 60.5 Å². The maximum absolute atomic E-state index is 5.04. The van der Waals surface area contributed by atoms with Crippen LogP contribution in [0.3, 0.4) is 0 Å². The fraction of sp³-hybridized carbons (Fsp3) is 0.412. The second kappa shape index (κ2) is 3.81. The molecule has 3 heteroatoms. The number of fused-ring (bicyclic) bond motifs is 5. The smallest absolute Gasteiger partial charge is 0.0716 e. The summed E-state index contributed by atoms with van der Waals surface area (Å²) in [6.07, 6.45) is 9.69. The Bertz CT molecular complexity index is 827. The van der Waals surface area contributed by atoms with Gasteiger partial charge < -0.3 is 0 Å². The minimum Gasteiger partial charge on any atom is -0.278 e. The Morgan fingerprint density at radius 2 is 1.90 bits per heavy atom. The number of aryl methyl sites for hydroxylation is 1. The van der Waals surface area contributed by atoms with Gasteiger partial charge in [0.15, 0.2) is 0 Å². The second-order valence-corrected chi connectivity index (χ2v) is 6.23. The van der Waals surface area contributed by atoms with E-state index in [9.17, 15) is 0 Å². The van der Waals surface area contributed by atoms with Crippen molar-refractivity contribution in [3.8, 4) is 0 Å². The van der Waals surface area contributed by atoms with Crippen molar-refractivity contribution >= 4 is 21.8 Å². The van der Waals surface area contributed by atoms with Crippen molar-refractivity contribution in [3.63, 3.8) is 0 Å². The van der Waals surface area contributed by atoms with Gasteiger partial charge in [-0.15, -0.1) is 0 Å². The van der Waals surface area contributed by atoms with Crippen LogP contribution in [0.15, 0.2) is 18.3 Å². The zero-order chi connectivity index (χ0) is 13.1.